The minimum atomic E-state index is -1.00. The molecule has 0 aliphatic carbocycles. The van der Waals surface area contributed by atoms with Crippen LogP contribution in [0.1, 0.15) is 61.4 Å². The number of rotatable bonds is 3. The summed E-state index contributed by atoms with van der Waals surface area (Å²) in [5, 5.41) is 6.23. The van der Waals surface area contributed by atoms with Crippen LogP contribution >= 0.6 is 11.6 Å². The van der Waals surface area contributed by atoms with E-state index in [0.717, 1.165) is 5.56 Å². The molecule has 3 amide bonds. The number of carbonyl (C=O) groups is 4. The summed E-state index contributed by atoms with van der Waals surface area (Å²) in [6.07, 6.45) is 4.37. The van der Waals surface area contributed by atoms with E-state index in [0.29, 0.717) is 77.7 Å². The van der Waals surface area contributed by atoms with Gasteiger partial charge >= 0.3 is 12.1 Å². The van der Waals surface area contributed by atoms with Gasteiger partial charge in [-0.1, -0.05) is 30.2 Å². The van der Waals surface area contributed by atoms with Crippen molar-refractivity contribution in [3.63, 3.8) is 0 Å². The average Bonchev–Trinajstić information content (AvgIpc) is 3.47. The summed E-state index contributed by atoms with van der Waals surface area (Å²) in [5.41, 5.74) is 2.96. The number of aromatic amines is 1. The number of likely N-dealkylation sites (tertiary alicyclic amines) is 1. The number of aromatic nitrogens is 2. The Kier molecular flexibility index (Phi) is 7.83. The second kappa shape index (κ2) is 11.7. The Hall–Kier alpha value is -4.38. The van der Waals surface area contributed by atoms with Crippen LogP contribution in [-0.2, 0) is 35.9 Å². The Balaban J connectivity index is 1.31. The predicted octanol–water partition coefficient (Wildman–Crippen LogP) is 5.12. The van der Waals surface area contributed by atoms with Gasteiger partial charge in [0.05, 0.1) is 49.3 Å². The van der Waals surface area contributed by atoms with E-state index in [-0.39, 0.29) is 37.2 Å². The van der Waals surface area contributed by atoms with Crippen molar-refractivity contribution >= 4 is 46.9 Å². The number of anilines is 2. The van der Waals surface area contributed by atoms with Gasteiger partial charge in [0, 0.05) is 29.1 Å². The van der Waals surface area contributed by atoms with E-state index in [4.69, 9.17) is 21.1 Å². The van der Waals surface area contributed by atoms with Gasteiger partial charge in [-0.3, -0.25) is 19.7 Å². The molecule has 3 aliphatic heterocycles. The molecule has 3 N–H and O–H groups in total. The third kappa shape index (κ3) is 5.81. The maximum absolute atomic E-state index is 14.2. The first-order chi connectivity index (χ1) is 20.7. The van der Waals surface area contributed by atoms with Crippen LogP contribution in [0, 0.1) is 0 Å². The molecule has 1 spiro atoms. The lowest BCUT2D eigenvalue weighted by Gasteiger charge is -2.45. The number of halogens is 1. The van der Waals surface area contributed by atoms with Crippen molar-refractivity contribution in [2.24, 2.45) is 0 Å². The van der Waals surface area contributed by atoms with Crippen LogP contribution in [0.25, 0.3) is 11.3 Å². The SMILES string of the molecule is COC(=O)Cc1ccc2c(c1)NC(=O)CCCC[C@@H](C(=O)N1CCC[C@@]3(C1)OC(=O)Nc1ccc(Cl)cc13)c1ncc-2[nH]1. The molecule has 0 unspecified atom stereocenters. The molecule has 0 radical (unpaired) electrons. The molecule has 2 atom stereocenters. The molecule has 6 rings (SSSR count). The summed E-state index contributed by atoms with van der Waals surface area (Å²) in [5.74, 6) is -0.697. The van der Waals surface area contributed by atoms with Gasteiger partial charge in [-0.2, -0.15) is 0 Å². The Labute approximate surface area is 253 Å². The predicted molar refractivity (Wildman–Crippen MR) is 159 cm³/mol. The number of hydrogen-bond donors (Lipinski definition) is 3. The van der Waals surface area contributed by atoms with Gasteiger partial charge in [-0.25, -0.2) is 9.78 Å². The van der Waals surface area contributed by atoms with Gasteiger partial charge in [0.1, 0.15) is 5.82 Å². The number of H-pyrrole nitrogens is 1. The van der Waals surface area contributed by atoms with Crippen molar-refractivity contribution in [2.45, 2.75) is 56.5 Å². The molecule has 43 heavy (non-hydrogen) atoms. The number of carbonyl (C=O) groups excluding carboxylic acids is 4. The zero-order valence-electron chi connectivity index (χ0n) is 23.7. The minimum absolute atomic E-state index is 0.0732. The highest BCUT2D eigenvalue weighted by atomic mass is 35.5. The number of hydrogen-bond acceptors (Lipinski definition) is 7. The first-order valence-corrected chi connectivity index (χ1v) is 14.8. The van der Waals surface area contributed by atoms with E-state index < -0.39 is 17.6 Å². The number of benzene rings is 2. The third-order valence-electron chi connectivity index (χ3n) is 8.36. The summed E-state index contributed by atoms with van der Waals surface area (Å²) in [7, 11) is 1.33. The molecule has 1 fully saturated rings. The number of imidazole rings is 1. The fourth-order valence-electron chi connectivity index (χ4n) is 6.26. The number of methoxy groups -OCH3 is 1. The van der Waals surface area contributed by atoms with Crippen molar-refractivity contribution in [1.29, 1.82) is 0 Å². The first-order valence-electron chi connectivity index (χ1n) is 14.4. The van der Waals surface area contributed by atoms with Crippen LogP contribution in [0.4, 0.5) is 16.2 Å². The van der Waals surface area contributed by atoms with Crippen molar-refractivity contribution in [2.75, 3.05) is 30.8 Å². The van der Waals surface area contributed by atoms with Gasteiger partial charge in [-0.05, 0) is 55.5 Å². The Morgan fingerprint density at radius 2 is 1.98 bits per heavy atom. The van der Waals surface area contributed by atoms with Gasteiger partial charge < -0.3 is 24.7 Å². The van der Waals surface area contributed by atoms with Gasteiger partial charge in [0.25, 0.3) is 0 Å². The highest BCUT2D eigenvalue weighted by Gasteiger charge is 2.47. The van der Waals surface area contributed by atoms with E-state index in [9.17, 15) is 19.2 Å². The summed E-state index contributed by atoms with van der Waals surface area (Å²) in [6, 6.07) is 10.6. The summed E-state index contributed by atoms with van der Waals surface area (Å²) in [4.78, 5) is 61.1. The molecule has 3 aromatic rings. The molecule has 12 heteroatoms. The van der Waals surface area contributed by atoms with E-state index in [1.807, 2.05) is 6.07 Å². The van der Waals surface area contributed by atoms with Crippen LogP contribution in [0.5, 0.6) is 0 Å². The van der Waals surface area contributed by atoms with Crippen molar-refractivity contribution < 1.29 is 28.7 Å². The van der Waals surface area contributed by atoms with Crippen molar-refractivity contribution in [1.82, 2.24) is 14.9 Å². The fourth-order valence-corrected chi connectivity index (χ4v) is 6.43. The zero-order chi connectivity index (χ0) is 30.1. The van der Waals surface area contributed by atoms with Crippen molar-refractivity contribution in [3.8, 4) is 11.3 Å². The van der Waals surface area contributed by atoms with E-state index >= 15 is 0 Å². The van der Waals surface area contributed by atoms with E-state index in [2.05, 4.69) is 20.6 Å². The van der Waals surface area contributed by atoms with Gasteiger partial charge in [0.2, 0.25) is 11.8 Å². The second-order valence-electron chi connectivity index (χ2n) is 11.2. The molecule has 4 heterocycles. The standard InChI is InChI=1S/C31H32ClN5O6/c1-42-27(39)14-18-7-9-20-24(13-18)34-26(38)6-3-2-5-21(28-33-16-25(20)35-28)29(40)37-12-4-11-31(17-37)22-15-19(32)8-10-23(22)36-30(41)43-31/h7-10,13,15-16,21H,2-6,11-12,14,17H2,1H3,(H,33,35)(H,34,38)(H,36,41)/t21-,31+/m1/s1. The van der Waals surface area contributed by atoms with E-state index in [1.54, 1.807) is 41.4 Å². The van der Waals surface area contributed by atoms with Crippen LogP contribution < -0.4 is 10.6 Å². The molecule has 0 saturated carbocycles. The van der Waals surface area contributed by atoms with Crippen LogP contribution in [0.15, 0.2) is 42.6 Å². The first kappa shape index (κ1) is 28.7. The Morgan fingerprint density at radius 3 is 2.81 bits per heavy atom. The number of piperidine rings is 1. The number of fused-ring (bicyclic) bond motifs is 6. The van der Waals surface area contributed by atoms with Crippen LogP contribution in [0.2, 0.25) is 5.02 Å². The lowest BCUT2D eigenvalue weighted by Crippen LogP contribution is -2.54. The quantitative estimate of drug-likeness (QED) is 0.352. The van der Waals surface area contributed by atoms with E-state index in [1.165, 1.54) is 7.11 Å². The van der Waals surface area contributed by atoms with Crippen molar-refractivity contribution in [3.05, 3.63) is 64.6 Å². The largest absolute Gasteiger partial charge is 0.469 e. The summed E-state index contributed by atoms with van der Waals surface area (Å²) >= 11 is 6.32. The lowest BCUT2D eigenvalue weighted by molar-refractivity contribution is -0.141. The molecule has 2 bridgehead atoms. The molecule has 1 saturated heterocycles. The molecule has 2 aromatic carbocycles. The molecular weight excluding hydrogens is 574 g/mol. The maximum atomic E-state index is 14.2. The molecule has 224 valence electrons. The second-order valence-corrected chi connectivity index (χ2v) is 11.7. The van der Waals surface area contributed by atoms with Gasteiger partial charge in [-0.15, -0.1) is 0 Å². The van der Waals surface area contributed by atoms with Crippen LogP contribution in [-0.4, -0.2) is 58.9 Å². The highest BCUT2D eigenvalue weighted by molar-refractivity contribution is 6.30. The summed E-state index contributed by atoms with van der Waals surface area (Å²) < 4.78 is 10.7. The monoisotopic (exact) mass is 605 g/mol. The smallest absolute Gasteiger partial charge is 0.412 e. The van der Waals surface area contributed by atoms with Crippen LogP contribution in [0.3, 0.4) is 0 Å². The lowest BCUT2D eigenvalue weighted by atomic mass is 9.83. The average molecular weight is 606 g/mol. The summed E-state index contributed by atoms with van der Waals surface area (Å²) in [6.45, 7) is 0.713. The topological polar surface area (TPSA) is 143 Å². The third-order valence-corrected chi connectivity index (χ3v) is 8.59. The Morgan fingerprint density at radius 1 is 1.12 bits per heavy atom. The number of nitrogens with zero attached hydrogens (tertiary/aromatic N) is 2. The normalized spacial score (nSPS) is 21.7. The van der Waals surface area contributed by atoms with Gasteiger partial charge in [0.15, 0.2) is 5.60 Å². The zero-order valence-corrected chi connectivity index (χ0v) is 24.5. The number of nitrogens with one attached hydrogen (secondary N) is 3. The minimum Gasteiger partial charge on any atom is -0.469 e. The fraction of sp³-hybridized carbons (Fsp3) is 0.387. The molecule has 3 aliphatic rings. The number of ether oxygens (including phenoxy) is 2. The number of amides is 3. The molecular formula is C31H32ClN5O6. The highest BCUT2D eigenvalue weighted by Crippen LogP contribution is 2.44. The maximum Gasteiger partial charge on any atom is 0.412 e. The molecule has 1 aromatic heterocycles. The molecule has 11 nitrogen and oxygen atoms in total. The number of esters is 1. The Bertz CT molecular complexity index is 1600.